The van der Waals surface area contributed by atoms with Crippen LogP contribution in [0.2, 0.25) is 0 Å². The van der Waals surface area contributed by atoms with E-state index < -0.39 is 0 Å². The fourth-order valence-corrected chi connectivity index (χ4v) is 4.66. The quantitative estimate of drug-likeness (QED) is 0.766. The summed E-state index contributed by atoms with van der Waals surface area (Å²) in [6, 6.07) is 2.17. The first-order valence-corrected chi connectivity index (χ1v) is 9.67. The van der Waals surface area contributed by atoms with Crippen molar-refractivity contribution in [2.45, 2.75) is 45.1 Å². The molecular formula is C18H21N5O2S. The maximum atomic E-state index is 12.9. The number of nitrogens with zero attached hydrogens (tertiary/aromatic N) is 4. The maximum Gasteiger partial charge on any atom is 0.267 e. The number of hydrogen-bond donors (Lipinski definition) is 1. The van der Waals surface area contributed by atoms with Crippen LogP contribution in [0.1, 0.15) is 53.4 Å². The van der Waals surface area contributed by atoms with Crippen molar-refractivity contribution in [2.24, 2.45) is 7.05 Å². The summed E-state index contributed by atoms with van der Waals surface area (Å²) in [5, 5.41) is 7.91. The van der Waals surface area contributed by atoms with Gasteiger partial charge in [-0.2, -0.15) is 5.10 Å². The fourth-order valence-electron chi connectivity index (χ4n) is 3.63. The lowest BCUT2D eigenvalue weighted by Crippen LogP contribution is -2.20. The van der Waals surface area contributed by atoms with E-state index in [0.717, 1.165) is 12.8 Å². The molecule has 136 valence electrons. The average molecular weight is 371 g/mol. The van der Waals surface area contributed by atoms with Gasteiger partial charge in [-0.3, -0.25) is 9.59 Å². The Balaban J connectivity index is 1.65. The molecular weight excluding hydrogens is 350 g/mol. The minimum Gasteiger partial charge on any atom is -0.306 e. The number of hydrogen-bond acceptors (Lipinski definition) is 5. The third kappa shape index (κ3) is 2.84. The number of thiophene rings is 1. The molecule has 1 fully saturated rings. The lowest BCUT2D eigenvalue weighted by molar-refractivity contribution is 0.102. The maximum absolute atomic E-state index is 12.9. The van der Waals surface area contributed by atoms with Crippen molar-refractivity contribution in [3.63, 3.8) is 0 Å². The van der Waals surface area contributed by atoms with Crippen molar-refractivity contribution < 1.29 is 4.79 Å². The van der Waals surface area contributed by atoms with Gasteiger partial charge in [0.2, 0.25) is 0 Å². The van der Waals surface area contributed by atoms with Crippen LogP contribution in [0.25, 0.3) is 10.2 Å². The minimum absolute atomic E-state index is 0.130. The molecule has 0 aromatic carbocycles. The molecule has 1 aliphatic rings. The molecule has 3 aromatic heterocycles. The van der Waals surface area contributed by atoms with E-state index in [1.807, 2.05) is 10.7 Å². The molecule has 3 heterocycles. The summed E-state index contributed by atoms with van der Waals surface area (Å²) in [4.78, 5) is 30.6. The molecule has 26 heavy (non-hydrogen) atoms. The Hall–Kier alpha value is -2.48. The Kier molecular flexibility index (Phi) is 4.36. The van der Waals surface area contributed by atoms with E-state index in [1.54, 1.807) is 20.2 Å². The van der Waals surface area contributed by atoms with Crippen LogP contribution in [-0.4, -0.2) is 25.2 Å². The zero-order valence-corrected chi connectivity index (χ0v) is 15.7. The first kappa shape index (κ1) is 17.0. The standard InChI is InChI=1S/C18H21N5O2S/c1-11-14-17(19-10-22(2)18(14)25)26-15(11)16(24)21-13-8-9-20-23(13)12-6-4-3-5-7-12/h8-10,12H,3-7H2,1-2H3,(H,21,24). The Morgan fingerprint density at radius 1 is 1.31 bits per heavy atom. The van der Waals surface area contributed by atoms with E-state index in [-0.39, 0.29) is 11.5 Å². The van der Waals surface area contributed by atoms with Crippen molar-refractivity contribution in [3.05, 3.63) is 39.4 Å². The second-order valence-corrected chi connectivity index (χ2v) is 7.80. The van der Waals surface area contributed by atoms with Gasteiger partial charge in [-0.1, -0.05) is 19.3 Å². The van der Waals surface area contributed by atoms with E-state index in [0.29, 0.717) is 32.5 Å². The van der Waals surface area contributed by atoms with Crippen LogP contribution in [0.15, 0.2) is 23.4 Å². The lowest BCUT2D eigenvalue weighted by Gasteiger charge is -2.23. The summed E-state index contributed by atoms with van der Waals surface area (Å²) in [5.41, 5.74) is 0.551. The minimum atomic E-state index is -0.217. The Morgan fingerprint density at radius 3 is 2.85 bits per heavy atom. The average Bonchev–Trinajstić information content (AvgIpc) is 3.24. The Labute approximate surface area is 154 Å². The van der Waals surface area contributed by atoms with Crippen LogP contribution in [0.5, 0.6) is 0 Å². The summed E-state index contributed by atoms with van der Waals surface area (Å²) in [6.45, 7) is 1.80. The summed E-state index contributed by atoms with van der Waals surface area (Å²) in [6.07, 6.45) is 9.05. The fraction of sp³-hybridized carbons (Fsp3) is 0.444. The van der Waals surface area contributed by atoms with Gasteiger partial charge in [0.15, 0.2) is 0 Å². The molecule has 7 nitrogen and oxygen atoms in total. The molecule has 0 atom stereocenters. The van der Waals surface area contributed by atoms with Crippen molar-refractivity contribution >= 4 is 33.3 Å². The topological polar surface area (TPSA) is 81.8 Å². The van der Waals surface area contributed by atoms with Gasteiger partial charge >= 0.3 is 0 Å². The molecule has 0 aliphatic heterocycles. The van der Waals surface area contributed by atoms with E-state index in [9.17, 15) is 9.59 Å². The highest BCUT2D eigenvalue weighted by atomic mass is 32.1. The van der Waals surface area contributed by atoms with Crippen LogP contribution in [0, 0.1) is 6.92 Å². The predicted molar refractivity (Wildman–Crippen MR) is 102 cm³/mol. The largest absolute Gasteiger partial charge is 0.306 e. The van der Waals surface area contributed by atoms with Crippen LogP contribution in [0.4, 0.5) is 5.82 Å². The molecule has 0 radical (unpaired) electrons. The van der Waals surface area contributed by atoms with Gasteiger partial charge in [0, 0.05) is 13.1 Å². The molecule has 3 aromatic rings. The number of rotatable bonds is 3. The number of nitrogens with one attached hydrogen (secondary N) is 1. The third-order valence-corrected chi connectivity index (χ3v) is 6.25. The second-order valence-electron chi connectivity index (χ2n) is 6.80. The molecule has 8 heteroatoms. The van der Waals surface area contributed by atoms with E-state index in [2.05, 4.69) is 15.4 Å². The third-order valence-electron chi connectivity index (χ3n) is 5.05. The van der Waals surface area contributed by atoms with E-state index >= 15 is 0 Å². The van der Waals surface area contributed by atoms with Crippen molar-refractivity contribution in [1.29, 1.82) is 0 Å². The first-order valence-electron chi connectivity index (χ1n) is 8.86. The molecule has 1 aliphatic carbocycles. The second kappa shape index (κ2) is 6.68. The number of amides is 1. The highest BCUT2D eigenvalue weighted by Crippen LogP contribution is 2.31. The monoisotopic (exact) mass is 371 g/mol. The molecule has 1 N–H and O–H groups in total. The van der Waals surface area contributed by atoms with Gasteiger partial charge in [-0.15, -0.1) is 11.3 Å². The summed E-state index contributed by atoms with van der Waals surface area (Å²) < 4.78 is 3.36. The zero-order valence-electron chi connectivity index (χ0n) is 14.9. The SMILES string of the molecule is Cc1c(C(=O)Nc2ccnn2C2CCCCC2)sc2ncn(C)c(=O)c12. The molecule has 0 spiro atoms. The number of aromatic nitrogens is 4. The predicted octanol–water partition coefficient (Wildman–Crippen LogP) is 3.26. The number of anilines is 1. The number of fused-ring (bicyclic) bond motifs is 1. The van der Waals surface area contributed by atoms with Gasteiger partial charge in [-0.05, 0) is 25.3 Å². The summed E-state index contributed by atoms with van der Waals surface area (Å²) >= 11 is 1.25. The Morgan fingerprint density at radius 2 is 2.08 bits per heavy atom. The molecule has 0 unspecified atom stereocenters. The summed E-state index contributed by atoms with van der Waals surface area (Å²) in [7, 11) is 1.66. The molecule has 1 amide bonds. The zero-order chi connectivity index (χ0) is 18.3. The molecule has 4 rings (SSSR count). The molecule has 1 saturated carbocycles. The van der Waals surface area contributed by atoms with Crippen LogP contribution in [0.3, 0.4) is 0 Å². The molecule has 0 saturated heterocycles. The number of carbonyl (C=O) groups is 1. The highest BCUT2D eigenvalue weighted by Gasteiger charge is 2.22. The number of carbonyl (C=O) groups excluding carboxylic acids is 1. The smallest absolute Gasteiger partial charge is 0.267 e. The van der Waals surface area contributed by atoms with Crippen molar-refractivity contribution in [2.75, 3.05) is 5.32 Å². The van der Waals surface area contributed by atoms with E-state index in [1.165, 1.54) is 41.5 Å². The Bertz CT molecular complexity index is 1030. The van der Waals surface area contributed by atoms with Crippen LogP contribution < -0.4 is 10.9 Å². The normalized spacial score (nSPS) is 15.5. The van der Waals surface area contributed by atoms with Gasteiger partial charge < -0.3 is 9.88 Å². The van der Waals surface area contributed by atoms with Gasteiger partial charge in [0.1, 0.15) is 10.6 Å². The van der Waals surface area contributed by atoms with E-state index in [4.69, 9.17) is 0 Å². The van der Waals surface area contributed by atoms with Gasteiger partial charge in [-0.25, -0.2) is 9.67 Å². The van der Waals surface area contributed by atoms with Gasteiger partial charge in [0.05, 0.1) is 28.8 Å². The van der Waals surface area contributed by atoms with Crippen molar-refractivity contribution in [3.8, 4) is 0 Å². The van der Waals surface area contributed by atoms with Crippen molar-refractivity contribution in [1.82, 2.24) is 19.3 Å². The highest BCUT2D eigenvalue weighted by molar-refractivity contribution is 7.20. The van der Waals surface area contributed by atoms with Crippen LogP contribution in [-0.2, 0) is 7.05 Å². The van der Waals surface area contributed by atoms with Crippen LogP contribution >= 0.6 is 11.3 Å². The first-order chi connectivity index (χ1) is 12.6. The lowest BCUT2D eigenvalue weighted by atomic mass is 9.96. The number of aryl methyl sites for hydroxylation is 2. The summed E-state index contributed by atoms with van der Waals surface area (Å²) in [5.74, 6) is 0.490. The van der Waals surface area contributed by atoms with Gasteiger partial charge in [0.25, 0.3) is 11.5 Å². The molecule has 0 bridgehead atoms.